The number of piperazine rings is 1. The molecule has 15 nitrogen and oxygen atoms in total. The fraction of sp³-hybridized carbons (Fsp3) is 0.386. The lowest BCUT2D eigenvalue weighted by atomic mass is 9.99. The number of nitrogens with one attached hydrogen (secondary N) is 2. The Kier molecular flexibility index (Phi) is 10.5. The van der Waals surface area contributed by atoms with Gasteiger partial charge >= 0.3 is 6.03 Å². The van der Waals surface area contributed by atoms with Gasteiger partial charge in [0.05, 0.1) is 30.5 Å². The first kappa shape index (κ1) is 39.1. The summed E-state index contributed by atoms with van der Waals surface area (Å²) in [6, 6.07) is 12.4. The Morgan fingerprint density at radius 2 is 1.74 bits per heavy atom. The summed E-state index contributed by atoms with van der Waals surface area (Å²) < 4.78 is 18.0. The highest BCUT2D eigenvalue weighted by Crippen LogP contribution is 2.38. The van der Waals surface area contributed by atoms with Crippen LogP contribution in [0.1, 0.15) is 64.6 Å². The average Bonchev–Trinajstić information content (AvgIpc) is 4.10. The molecule has 0 bridgehead atoms. The lowest BCUT2D eigenvalue weighted by Gasteiger charge is -2.43. The van der Waals surface area contributed by atoms with Crippen LogP contribution < -0.4 is 20.4 Å². The second kappa shape index (κ2) is 16.4. The number of benzene rings is 2. The number of aromatic nitrogens is 4. The number of halogens is 1. The number of carbonyl (C=O) groups is 4. The van der Waals surface area contributed by atoms with Crippen molar-refractivity contribution in [3.63, 3.8) is 0 Å². The number of imidazole rings is 1. The van der Waals surface area contributed by atoms with Gasteiger partial charge in [-0.05, 0) is 85.8 Å². The van der Waals surface area contributed by atoms with Crippen molar-refractivity contribution in [3.8, 4) is 11.1 Å². The topological polar surface area (TPSA) is 152 Å². The molecule has 61 heavy (non-hydrogen) atoms. The van der Waals surface area contributed by atoms with E-state index in [-0.39, 0.29) is 30.0 Å². The van der Waals surface area contributed by atoms with Crippen LogP contribution in [-0.4, -0.2) is 110 Å². The second-order valence-electron chi connectivity index (χ2n) is 16.4. The number of likely N-dealkylation sites (tertiary alicyclic amines) is 1. The van der Waals surface area contributed by atoms with E-state index in [9.17, 15) is 19.2 Å². The molecule has 17 heteroatoms. The summed E-state index contributed by atoms with van der Waals surface area (Å²) in [5.41, 5.74) is 6.29. The monoisotopic (exact) mass is 843 g/mol. The van der Waals surface area contributed by atoms with E-state index < -0.39 is 29.7 Å². The number of rotatable bonds is 10. The van der Waals surface area contributed by atoms with Crippen molar-refractivity contribution >= 4 is 51.6 Å². The SMILES string of the molecule is O=C1CCN(c2cnccc2CN2CCC(N3CCN(c4ccc(-c5cc(F)c6c(c5)C(=O)N(C(C(=O)Nc5nccs5)c5ncn7c5CCC7)C6)cc4)CC3)CC2)C(=O)N1. The minimum atomic E-state index is -1.04. The molecular formula is C44H46FN11O4S. The van der Waals surface area contributed by atoms with Crippen LogP contribution in [0.15, 0.2) is 72.8 Å². The molecule has 0 saturated carbocycles. The lowest BCUT2D eigenvalue weighted by molar-refractivity contribution is -0.121. The number of hydrogen-bond acceptors (Lipinski definition) is 11. The van der Waals surface area contributed by atoms with Gasteiger partial charge in [0, 0.05) is 98.6 Å². The van der Waals surface area contributed by atoms with E-state index in [0.29, 0.717) is 29.0 Å². The summed E-state index contributed by atoms with van der Waals surface area (Å²) in [6.45, 7) is 7.48. The van der Waals surface area contributed by atoms with Gasteiger partial charge in [-0.1, -0.05) is 12.1 Å². The first-order chi connectivity index (χ1) is 29.8. The van der Waals surface area contributed by atoms with Gasteiger partial charge in [-0.25, -0.2) is 19.2 Å². The zero-order valence-electron chi connectivity index (χ0n) is 33.6. The quantitative estimate of drug-likeness (QED) is 0.195. The van der Waals surface area contributed by atoms with Crippen molar-refractivity contribution in [3.05, 3.63) is 107 Å². The van der Waals surface area contributed by atoms with Crippen molar-refractivity contribution in [1.82, 2.24) is 39.5 Å². The molecule has 5 aromatic rings. The van der Waals surface area contributed by atoms with Gasteiger partial charge in [-0.2, -0.15) is 0 Å². The van der Waals surface area contributed by atoms with Crippen LogP contribution in [-0.2, 0) is 35.6 Å². The Morgan fingerprint density at radius 1 is 0.918 bits per heavy atom. The number of anilines is 3. The van der Waals surface area contributed by atoms with E-state index in [1.54, 1.807) is 41.3 Å². The lowest BCUT2D eigenvalue weighted by Crippen LogP contribution is -2.53. The van der Waals surface area contributed by atoms with E-state index in [1.165, 1.54) is 22.3 Å². The number of pyridine rings is 1. The van der Waals surface area contributed by atoms with Crippen LogP contribution in [0.3, 0.4) is 0 Å². The number of carbonyl (C=O) groups excluding carboxylic acids is 4. The Morgan fingerprint density at radius 3 is 2.51 bits per heavy atom. The largest absolute Gasteiger partial charge is 0.369 e. The van der Waals surface area contributed by atoms with Crippen molar-refractivity contribution in [2.24, 2.45) is 0 Å². The number of hydrogen-bond donors (Lipinski definition) is 2. The number of urea groups is 1. The van der Waals surface area contributed by atoms with Crippen molar-refractivity contribution in [1.29, 1.82) is 0 Å². The summed E-state index contributed by atoms with van der Waals surface area (Å²) >= 11 is 1.29. The highest BCUT2D eigenvalue weighted by Gasteiger charge is 2.42. The van der Waals surface area contributed by atoms with Gasteiger partial charge in [0.2, 0.25) is 5.91 Å². The predicted molar refractivity (Wildman–Crippen MR) is 228 cm³/mol. The molecule has 5 aliphatic heterocycles. The van der Waals surface area contributed by atoms with Crippen molar-refractivity contribution in [2.45, 2.75) is 63.8 Å². The number of piperidine rings is 1. The summed E-state index contributed by atoms with van der Waals surface area (Å²) in [6.07, 6.45) is 10.9. The number of thiazole rings is 1. The molecule has 10 rings (SSSR count). The molecule has 2 aromatic carbocycles. The van der Waals surface area contributed by atoms with Gasteiger partial charge < -0.3 is 14.4 Å². The molecule has 3 aromatic heterocycles. The Labute approximate surface area is 356 Å². The Balaban J connectivity index is 0.761. The third-order valence-corrected chi connectivity index (χ3v) is 13.6. The number of imide groups is 1. The molecule has 8 heterocycles. The summed E-state index contributed by atoms with van der Waals surface area (Å²) in [5.74, 6) is -1.55. The van der Waals surface area contributed by atoms with Gasteiger partial charge in [-0.15, -0.1) is 11.3 Å². The number of amides is 5. The van der Waals surface area contributed by atoms with Crippen molar-refractivity contribution < 1.29 is 23.6 Å². The fourth-order valence-electron chi connectivity index (χ4n) is 9.64. The first-order valence-corrected chi connectivity index (χ1v) is 21.9. The average molecular weight is 844 g/mol. The van der Waals surface area contributed by atoms with Gasteiger partial charge in [0.1, 0.15) is 5.82 Å². The zero-order valence-corrected chi connectivity index (χ0v) is 34.5. The zero-order chi connectivity index (χ0) is 41.6. The maximum absolute atomic E-state index is 16.0. The standard InChI is InChI=1S/C44H46FN11O4S/c45-35-23-30(22-33-34(35)26-56(42(33)59)40(41(58)50-43-47-12-21-61-43)39-36-2-1-13-54(36)27-48-39)28-3-5-31(6-4-28)52-17-19-53(20-18-52)32-8-14-51(15-9-32)25-29-7-11-46-24-37(29)55-16-10-38(57)49-44(55)60/h3-7,11-12,21-24,27,32,40H,1-2,8-10,13-20,25-26H2,(H,47,50,58)(H,49,57,60). The van der Waals surface area contributed by atoms with Gasteiger partial charge in [0.25, 0.3) is 11.8 Å². The maximum atomic E-state index is 16.0. The van der Waals surface area contributed by atoms with Crippen LogP contribution in [0.4, 0.5) is 25.7 Å². The fourth-order valence-corrected chi connectivity index (χ4v) is 10.2. The molecule has 3 saturated heterocycles. The van der Waals surface area contributed by atoms with E-state index in [0.717, 1.165) is 106 Å². The van der Waals surface area contributed by atoms with Crippen LogP contribution >= 0.6 is 11.3 Å². The second-order valence-corrected chi connectivity index (χ2v) is 17.3. The van der Waals surface area contributed by atoms with E-state index in [4.69, 9.17) is 0 Å². The normalized spacial score (nSPS) is 19.3. The molecule has 5 amide bonds. The Bertz CT molecular complexity index is 2480. The molecule has 0 aliphatic carbocycles. The molecule has 1 unspecified atom stereocenters. The molecule has 5 aliphatic rings. The molecule has 314 valence electrons. The van der Waals surface area contributed by atoms with Crippen LogP contribution in [0.25, 0.3) is 11.1 Å². The molecule has 1 atom stereocenters. The first-order valence-electron chi connectivity index (χ1n) is 21.0. The molecule has 0 spiro atoms. The molecule has 0 radical (unpaired) electrons. The number of nitrogens with zero attached hydrogens (tertiary/aromatic N) is 9. The summed E-state index contributed by atoms with van der Waals surface area (Å²) in [5, 5.41) is 7.46. The third-order valence-electron chi connectivity index (χ3n) is 12.9. The predicted octanol–water partition coefficient (Wildman–Crippen LogP) is 5.06. The van der Waals surface area contributed by atoms with E-state index >= 15 is 4.39 Å². The molecule has 2 N–H and O–H groups in total. The van der Waals surface area contributed by atoms with E-state index in [2.05, 4.69) is 52.4 Å². The minimum Gasteiger partial charge on any atom is -0.369 e. The number of aryl methyl sites for hydroxylation is 1. The van der Waals surface area contributed by atoms with Gasteiger partial charge in [0.15, 0.2) is 11.2 Å². The van der Waals surface area contributed by atoms with Crippen LogP contribution in [0.2, 0.25) is 0 Å². The maximum Gasteiger partial charge on any atom is 0.328 e. The molecule has 3 fully saturated rings. The van der Waals surface area contributed by atoms with Crippen molar-refractivity contribution in [2.75, 3.05) is 60.9 Å². The molecular weight excluding hydrogens is 798 g/mol. The summed E-state index contributed by atoms with van der Waals surface area (Å²) in [4.78, 5) is 75.8. The highest BCUT2D eigenvalue weighted by molar-refractivity contribution is 7.13. The van der Waals surface area contributed by atoms with Crippen LogP contribution in [0.5, 0.6) is 0 Å². The van der Waals surface area contributed by atoms with Crippen LogP contribution in [0, 0.1) is 5.82 Å². The number of fused-ring (bicyclic) bond motifs is 2. The third kappa shape index (κ3) is 7.65. The Hall–Kier alpha value is -6.04. The highest BCUT2D eigenvalue weighted by atomic mass is 32.1. The van der Waals surface area contributed by atoms with Gasteiger partial charge in [-0.3, -0.25) is 44.7 Å². The summed E-state index contributed by atoms with van der Waals surface area (Å²) in [7, 11) is 0. The minimum absolute atomic E-state index is 0.0377. The smallest absolute Gasteiger partial charge is 0.328 e. The van der Waals surface area contributed by atoms with E-state index in [1.807, 2.05) is 22.8 Å².